The molecule has 1 aromatic rings. The molecule has 128 valence electrons. The number of nitrogens with zero attached hydrogens (tertiary/aromatic N) is 4. The summed E-state index contributed by atoms with van der Waals surface area (Å²) in [6, 6.07) is 1.94. The Hall–Kier alpha value is -1.89. The third-order valence-corrected chi connectivity index (χ3v) is 3.42. The Morgan fingerprint density at radius 2 is 1.91 bits per heavy atom. The average molecular weight is 322 g/mol. The van der Waals surface area contributed by atoms with Crippen LogP contribution in [0.15, 0.2) is 12.4 Å². The van der Waals surface area contributed by atoms with E-state index in [4.69, 9.17) is 9.47 Å². The van der Waals surface area contributed by atoms with Crippen LogP contribution in [0.4, 0.5) is 10.6 Å². The first-order valence-electron chi connectivity index (χ1n) is 8.00. The minimum atomic E-state index is -0.463. The van der Waals surface area contributed by atoms with Crippen molar-refractivity contribution in [3.63, 3.8) is 0 Å². The zero-order valence-electron chi connectivity index (χ0n) is 14.4. The third kappa shape index (κ3) is 5.35. The maximum absolute atomic E-state index is 12.1. The number of amides is 1. The molecule has 0 aromatic carbocycles. The molecule has 1 aliphatic heterocycles. The smallest absolute Gasteiger partial charge is 0.410 e. The van der Waals surface area contributed by atoms with Gasteiger partial charge in [0.2, 0.25) is 0 Å². The first-order valence-corrected chi connectivity index (χ1v) is 8.00. The van der Waals surface area contributed by atoms with Gasteiger partial charge in [-0.2, -0.15) is 0 Å². The highest BCUT2D eigenvalue weighted by Crippen LogP contribution is 2.16. The molecule has 0 unspecified atom stereocenters. The van der Waals surface area contributed by atoms with Gasteiger partial charge in [-0.15, -0.1) is 0 Å². The van der Waals surface area contributed by atoms with Crippen molar-refractivity contribution < 1.29 is 14.3 Å². The molecule has 7 nitrogen and oxygen atoms in total. The summed E-state index contributed by atoms with van der Waals surface area (Å²) in [6.07, 6.45) is 1.31. The fraction of sp³-hybridized carbons (Fsp3) is 0.688. The second-order valence-electron chi connectivity index (χ2n) is 6.46. The lowest BCUT2D eigenvalue weighted by atomic mass is 10.2. The van der Waals surface area contributed by atoms with Gasteiger partial charge in [0.25, 0.3) is 0 Å². The van der Waals surface area contributed by atoms with Gasteiger partial charge in [-0.3, -0.25) is 0 Å². The number of piperazine rings is 1. The minimum Gasteiger partial charge on any atom is -0.444 e. The highest BCUT2D eigenvalue weighted by Gasteiger charge is 2.26. The molecule has 1 saturated heterocycles. The SMILES string of the molecule is CCOCc1cc(N2CCN(C(=O)OC(C)(C)C)CC2)ncn1. The summed E-state index contributed by atoms with van der Waals surface area (Å²) >= 11 is 0. The van der Waals surface area contributed by atoms with Gasteiger partial charge in [0, 0.05) is 38.9 Å². The monoisotopic (exact) mass is 322 g/mol. The van der Waals surface area contributed by atoms with Gasteiger partial charge in [-0.05, 0) is 27.7 Å². The van der Waals surface area contributed by atoms with Gasteiger partial charge in [0.05, 0.1) is 12.3 Å². The largest absolute Gasteiger partial charge is 0.444 e. The molecule has 0 radical (unpaired) electrons. The normalized spacial score (nSPS) is 15.7. The van der Waals surface area contributed by atoms with Crippen LogP contribution in [0.2, 0.25) is 0 Å². The molecular weight excluding hydrogens is 296 g/mol. The van der Waals surface area contributed by atoms with E-state index in [0.29, 0.717) is 26.3 Å². The quantitative estimate of drug-likeness (QED) is 0.845. The first-order chi connectivity index (χ1) is 10.9. The Kier molecular flexibility index (Phi) is 5.76. The van der Waals surface area contributed by atoms with Crippen molar-refractivity contribution in [2.75, 3.05) is 37.7 Å². The van der Waals surface area contributed by atoms with Crippen molar-refractivity contribution in [2.45, 2.75) is 39.9 Å². The standard InChI is InChI=1S/C16H26N4O3/c1-5-22-11-13-10-14(18-12-17-13)19-6-8-20(9-7-19)15(21)23-16(2,3)4/h10,12H,5-9,11H2,1-4H3. The molecule has 1 aromatic heterocycles. The lowest BCUT2D eigenvalue weighted by molar-refractivity contribution is 0.0240. The molecule has 23 heavy (non-hydrogen) atoms. The predicted molar refractivity (Wildman–Crippen MR) is 87.4 cm³/mol. The van der Waals surface area contributed by atoms with Gasteiger partial charge in [0.15, 0.2) is 0 Å². The molecule has 0 bridgehead atoms. The van der Waals surface area contributed by atoms with Gasteiger partial charge in [0.1, 0.15) is 17.7 Å². The summed E-state index contributed by atoms with van der Waals surface area (Å²) in [5.74, 6) is 0.874. The molecule has 1 amide bonds. The molecule has 1 fully saturated rings. The Morgan fingerprint density at radius 1 is 1.22 bits per heavy atom. The maximum atomic E-state index is 12.1. The Morgan fingerprint density at radius 3 is 2.52 bits per heavy atom. The van der Waals surface area contributed by atoms with Crippen LogP contribution in [-0.2, 0) is 16.1 Å². The fourth-order valence-corrected chi connectivity index (χ4v) is 2.29. The fourth-order valence-electron chi connectivity index (χ4n) is 2.29. The van der Waals surface area contributed by atoms with Crippen molar-refractivity contribution in [2.24, 2.45) is 0 Å². The molecule has 2 heterocycles. The number of carbonyl (C=O) groups excluding carboxylic acids is 1. The van der Waals surface area contributed by atoms with E-state index in [1.54, 1.807) is 11.2 Å². The summed E-state index contributed by atoms with van der Waals surface area (Å²) in [5.41, 5.74) is 0.404. The van der Waals surface area contributed by atoms with Crippen molar-refractivity contribution in [3.05, 3.63) is 18.1 Å². The van der Waals surface area contributed by atoms with Crippen molar-refractivity contribution in [3.8, 4) is 0 Å². The van der Waals surface area contributed by atoms with E-state index in [1.165, 1.54) is 0 Å². The van der Waals surface area contributed by atoms with Crippen molar-refractivity contribution >= 4 is 11.9 Å². The summed E-state index contributed by atoms with van der Waals surface area (Å²) in [4.78, 5) is 24.5. The van der Waals surface area contributed by atoms with Crippen LogP contribution in [0.1, 0.15) is 33.4 Å². The van der Waals surface area contributed by atoms with E-state index < -0.39 is 5.60 Å². The number of hydrogen-bond acceptors (Lipinski definition) is 6. The zero-order valence-corrected chi connectivity index (χ0v) is 14.4. The molecular formula is C16H26N4O3. The van der Waals surface area contributed by atoms with Crippen LogP contribution >= 0.6 is 0 Å². The lowest BCUT2D eigenvalue weighted by Gasteiger charge is -2.36. The number of aromatic nitrogens is 2. The average Bonchev–Trinajstić information content (AvgIpc) is 2.52. The van der Waals surface area contributed by atoms with Gasteiger partial charge in [-0.25, -0.2) is 14.8 Å². The van der Waals surface area contributed by atoms with E-state index in [1.807, 2.05) is 33.8 Å². The maximum Gasteiger partial charge on any atom is 0.410 e. The van der Waals surface area contributed by atoms with Crippen LogP contribution in [0, 0.1) is 0 Å². The molecule has 0 N–H and O–H groups in total. The summed E-state index contributed by atoms with van der Waals surface area (Å²) in [6.45, 7) is 11.4. The molecule has 0 spiro atoms. The Labute approximate surface area is 137 Å². The first kappa shape index (κ1) is 17.5. The highest BCUT2D eigenvalue weighted by molar-refractivity contribution is 5.68. The summed E-state index contributed by atoms with van der Waals surface area (Å²) in [7, 11) is 0. The van der Waals surface area contributed by atoms with E-state index in [9.17, 15) is 4.79 Å². The van der Waals surface area contributed by atoms with Crippen LogP contribution < -0.4 is 4.90 Å². The Bertz CT molecular complexity index is 522. The van der Waals surface area contributed by atoms with Crippen molar-refractivity contribution in [1.82, 2.24) is 14.9 Å². The second-order valence-corrected chi connectivity index (χ2v) is 6.46. The van der Waals surface area contributed by atoms with Gasteiger partial charge in [-0.1, -0.05) is 0 Å². The molecule has 2 rings (SSSR count). The van der Waals surface area contributed by atoms with Crippen LogP contribution in [-0.4, -0.2) is 59.3 Å². The number of hydrogen-bond donors (Lipinski definition) is 0. The second kappa shape index (κ2) is 7.59. The van der Waals surface area contributed by atoms with E-state index in [0.717, 1.165) is 24.6 Å². The topological polar surface area (TPSA) is 67.8 Å². The van der Waals surface area contributed by atoms with E-state index >= 15 is 0 Å². The van der Waals surface area contributed by atoms with Crippen LogP contribution in [0.3, 0.4) is 0 Å². The molecule has 0 saturated carbocycles. The predicted octanol–water partition coefficient (Wildman–Crippen LogP) is 2.07. The Balaban J connectivity index is 1.90. The number of carbonyl (C=O) groups is 1. The van der Waals surface area contributed by atoms with Gasteiger partial charge >= 0.3 is 6.09 Å². The third-order valence-electron chi connectivity index (χ3n) is 3.42. The van der Waals surface area contributed by atoms with E-state index in [-0.39, 0.29) is 6.09 Å². The zero-order chi connectivity index (χ0) is 16.9. The highest BCUT2D eigenvalue weighted by atomic mass is 16.6. The van der Waals surface area contributed by atoms with Crippen molar-refractivity contribution in [1.29, 1.82) is 0 Å². The van der Waals surface area contributed by atoms with Crippen LogP contribution in [0.25, 0.3) is 0 Å². The molecule has 7 heteroatoms. The molecule has 0 atom stereocenters. The number of rotatable bonds is 4. The minimum absolute atomic E-state index is 0.253. The lowest BCUT2D eigenvalue weighted by Crippen LogP contribution is -2.50. The number of anilines is 1. The molecule has 0 aliphatic carbocycles. The number of ether oxygens (including phenoxy) is 2. The van der Waals surface area contributed by atoms with Crippen LogP contribution in [0.5, 0.6) is 0 Å². The van der Waals surface area contributed by atoms with Gasteiger partial charge < -0.3 is 19.3 Å². The molecule has 1 aliphatic rings. The van der Waals surface area contributed by atoms with E-state index in [2.05, 4.69) is 14.9 Å². The summed E-state index contributed by atoms with van der Waals surface area (Å²) < 4.78 is 10.8. The summed E-state index contributed by atoms with van der Waals surface area (Å²) in [5, 5.41) is 0.